The third kappa shape index (κ3) is 2.10. The highest BCUT2D eigenvalue weighted by Gasteiger charge is 2.27. The molecule has 0 amide bonds. The Balaban J connectivity index is 2.39. The first kappa shape index (κ1) is 11.2. The van der Waals surface area contributed by atoms with E-state index in [0.29, 0.717) is 15.6 Å². The molecule has 1 aliphatic heterocycles. The van der Waals surface area contributed by atoms with Gasteiger partial charge in [0.05, 0.1) is 10.0 Å². The monoisotopic (exact) mass is 256 g/mol. The van der Waals surface area contributed by atoms with Crippen molar-refractivity contribution in [2.75, 3.05) is 6.61 Å². The smallest absolute Gasteiger partial charge is 0.342 e. The number of cyclic esters (lactones) is 1. The van der Waals surface area contributed by atoms with Crippen molar-refractivity contribution in [1.29, 1.82) is 0 Å². The third-order valence-corrected chi connectivity index (χ3v) is 2.85. The Morgan fingerprint density at radius 2 is 1.94 bits per heavy atom. The number of ether oxygens (including phenoxy) is 1. The molecule has 1 aromatic rings. The van der Waals surface area contributed by atoms with Crippen LogP contribution in [0.3, 0.4) is 0 Å². The molecule has 82 valence electrons. The van der Waals surface area contributed by atoms with Crippen LogP contribution in [0.1, 0.15) is 5.56 Å². The molecule has 3 nitrogen and oxygen atoms in total. The van der Waals surface area contributed by atoms with Crippen molar-refractivity contribution >= 4 is 41.0 Å². The lowest BCUT2D eigenvalue weighted by atomic mass is 10.1. The van der Waals surface area contributed by atoms with Crippen LogP contribution in [0.15, 0.2) is 23.8 Å². The molecule has 1 saturated heterocycles. The van der Waals surface area contributed by atoms with Crippen LogP contribution in [0.2, 0.25) is 10.0 Å². The standard InChI is InChI=1S/C11H6Cl2O3/c12-8-2-1-6(4-9(8)13)3-7-10(14)5-16-11(7)15/h1-4H,5H2. The van der Waals surface area contributed by atoms with E-state index >= 15 is 0 Å². The second-order valence-electron chi connectivity index (χ2n) is 3.23. The van der Waals surface area contributed by atoms with Gasteiger partial charge < -0.3 is 4.74 Å². The summed E-state index contributed by atoms with van der Waals surface area (Å²) in [5.41, 5.74) is 0.676. The normalized spacial score (nSPS) is 18.0. The molecule has 1 aliphatic rings. The van der Waals surface area contributed by atoms with Gasteiger partial charge in [0.1, 0.15) is 5.57 Å². The molecule has 0 aliphatic carbocycles. The predicted molar refractivity (Wildman–Crippen MR) is 60.4 cm³/mol. The molecule has 0 bridgehead atoms. The number of ketones is 1. The van der Waals surface area contributed by atoms with Crippen molar-refractivity contribution < 1.29 is 14.3 Å². The largest absolute Gasteiger partial charge is 0.454 e. The molecule has 2 rings (SSSR count). The van der Waals surface area contributed by atoms with Crippen LogP contribution >= 0.6 is 23.2 Å². The first-order chi connectivity index (χ1) is 7.58. The molecule has 0 atom stereocenters. The molecule has 5 heteroatoms. The van der Waals surface area contributed by atoms with Crippen LogP contribution in [0.5, 0.6) is 0 Å². The summed E-state index contributed by atoms with van der Waals surface area (Å²) in [6, 6.07) is 4.84. The van der Waals surface area contributed by atoms with Crippen molar-refractivity contribution in [2.24, 2.45) is 0 Å². The highest BCUT2D eigenvalue weighted by atomic mass is 35.5. The van der Waals surface area contributed by atoms with Crippen LogP contribution in [-0.4, -0.2) is 18.4 Å². The van der Waals surface area contributed by atoms with Gasteiger partial charge in [0, 0.05) is 0 Å². The summed E-state index contributed by atoms with van der Waals surface area (Å²) >= 11 is 11.6. The minimum Gasteiger partial charge on any atom is -0.454 e. The maximum atomic E-state index is 11.3. The lowest BCUT2D eigenvalue weighted by Gasteiger charge is -1.98. The topological polar surface area (TPSA) is 43.4 Å². The lowest BCUT2D eigenvalue weighted by Crippen LogP contribution is -2.00. The summed E-state index contributed by atoms with van der Waals surface area (Å²) in [5.74, 6) is -0.924. The van der Waals surface area contributed by atoms with Crippen LogP contribution in [-0.2, 0) is 14.3 Å². The number of hydrogen-bond acceptors (Lipinski definition) is 3. The van der Waals surface area contributed by atoms with E-state index in [0.717, 1.165) is 0 Å². The Morgan fingerprint density at radius 1 is 1.19 bits per heavy atom. The Bertz CT molecular complexity index is 488. The van der Waals surface area contributed by atoms with Crippen LogP contribution in [0.4, 0.5) is 0 Å². The second kappa shape index (κ2) is 4.28. The average Bonchev–Trinajstić information content (AvgIpc) is 2.55. The van der Waals surface area contributed by atoms with E-state index in [1.807, 2.05) is 0 Å². The first-order valence-electron chi connectivity index (χ1n) is 4.45. The first-order valence-corrected chi connectivity index (χ1v) is 5.20. The van der Waals surface area contributed by atoms with Crippen molar-refractivity contribution in [3.8, 4) is 0 Å². The van der Waals surface area contributed by atoms with Gasteiger partial charge in [0.25, 0.3) is 0 Å². The summed E-state index contributed by atoms with van der Waals surface area (Å²) in [7, 11) is 0. The molecule has 16 heavy (non-hydrogen) atoms. The van der Waals surface area contributed by atoms with Gasteiger partial charge in [-0.1, -0.05) is 29.3 Å². The van der Waals surface area contributed by atoms with Gasteiger partial charge in [-0.2, -0.15) is 0 Å². The fraction of sp³-hybridized carbons (Fsp3) is 0.0909. The molecule has 0 unspecified atom stereocenters. The summed E-state index contributed by atoms with van der Waals surface area (Å²) < 4.78 is 4.59. The highest BCUT2D eigenvalue weighted by Crippen LogP contribution is 2.24. The number of benzene rings is 1. The summed E-state index contributed by atoms with van der Waals surface area (Å²) in [6.07, 6.45) is 1.44. The van der Waals surface area contributed by atoms with Crippen LogP contribution < -0.4 is 0 Å². The van der Waals surface area contributed by atoms with E-state index in [9.17, 15) is 9.59 Å². The minimum absolute atomic E-state index is 0.0402. The van der Waals surface area contributed by atoms with Gasteiger partial charge in [-0.15, -0.1) is 0 Å². The number of rotatable bonds is 1. The number of carbonyl (C=O) groups excluding carboxylic acids is 2. The number of halogens is 2. The van der Waals surface area contributed by atoms with Crippen LogP contribution in [0.25, 0.3) is 6.08 Å². The van der Waals surface area contributed by atoms with Crippen molar-refractivity contribution in [2.45, 2.75) is 0 Å². The molecule has 0 radical (unpaired) electrons. The number of hydrogen-bond donors (Lipinski definition) is 0. The van der Waals surface area contributed by atoms with Crippen LogP contribution in [0, 0.1) is 0 Å². The Kier molecular flexibility index (Phi) is 2.99. The summed E-state index contributed by atoms with van der Waals surface area (Å²) in [6.45, 7) is -0.189. The lowest BCUT2D eigenvalue weighted by molar-refractivity contribution is -0.135. The van der Waals surface area contributed by atoms with Gasteiger partial charge in [0.15, 0.2) is 6.61 Å². The fourth-order valence-corrected chi connectivity index (χ4v) is 1.62. The van der Waals surface area contributed by atoms with Gasteiger partial charge in [-0.25, -0.2) is 4.79 Å². The summed E-state index contributed by atoms with van der Waals surface area (Å²) in [5, 5.41) is 0.791. The van der Waals surface area contributed by atoms with Gasteiger partial charge in [-0.05, 0) is 23.8 Å². The van der Waals surface area contributed by atoms with Crippen molar-refractivity contribution in [3.05, 3.63) is 39.4 Å². The Hall–Kier alpha value is -1.32. The van der Waals surface area contributed by atoms with Gasteiger partial charge in [-0.3, -0.25) is 4.79 Å². The zero-order chi connectivity index (χ0) is 11.7. The van der Waals surface area contributed by atoms with Crippen molar-refractivity contribution in [3.63, 3.8) is 0 Å². The second-order valence-corrected chi connectivity index (χ2v) is 4.05. The minimum atomic E-state index is -0.601. The number of Topliss-reactive ketones (excluding diaryl/α,β-unsaturated/α-hetero) is 1. The molecule has 1 fully saturated rings. The Labute approximate surface area is 102 Å². The van der Waals surface area contributed by atoms with Gasteiger partial charge >= 0.3 is 5.97 Å². The molecule has 0 aromatic heterocycles. The molecular weight excluding hydrogens is 251 g/mol. The average molecular weight is 257 g/mol. The van der Waals surface area contributed by atoms with E-state index in [-0.39, 0.29) is 18.0 Å². The molecule has 0 saturated carbocycles. The fourth-order valence-electron chi connectivity index (χ4n) is 1.31. The quantitative estimate of drug-likeness (QED) is 0.441. The Morgan fingerprint density at radius 3 is 2.50 bits per heavy atom. The van der Waals surface area contributed by atoms with E-state index in [4.69, 9.17) is 23.2 Å². The third-order valence-electron chi connectivity index (χ3n) is 2.11. The van der Waals surface area contributed by atoms with Crippen molar-refractivity contribution in [1.82, 2.24) is 0 Å². The van der Waals surface area contributed by atoms with E-state index in [1.165, 1.54) is 6.08 Å². The molecule has 0 spiro atoms. The number of carbonyl (C=O) groups is 2. The number of esters is 1. The zero-order valence-corrected chi connectivity index (χ0v) is 9.51. The SMILES string of the molecule is O=C1COC(=O)C1=Cc1ccc(Cl)c(Cl)c1. The molecule has 0 N–H and O–H groups in total. The molecule has 1 aromatic carbocycles. The maximum Gasteiger partial charge on any atom is 0.342 e. The van der Waals surface area contributed by atoms with Gasteiger partial charge in [0.2, 0.25) is 5.78 Å². The zero-order valence-electron chi connectivity index (χ0n) is 8.00. The van der Waals surface area contributed by atoms with E-state index in [1.54, 1.807) is 18.2 Å². The summed E-state index contributed by atoms with van der Waals surface area (Å²) in [4.78, 5) is 22.4. The maximum absolute atomic E-state index is 11.3. The highest BCUT2D eigenvalue weighted by molar-refractivity contribution is 6.42. The predicted octanol–water partition coefficient (Wildman–Crippen LogP) is 2.50. The van der Waals surface area contributed by atoms with E-state index in [2.05, 4.69) is 4.74 Å². The molecular formula is C11H6Cl2O3. The molecule has 1 heterocycles. The van der Waals surface area contributed by atoms with E-state index < -0.39 is 5.97 Å².